The van der Waals surface area contributed by atoms with Crippen molar-refractivity contribution in [2.75, 3.05) is 6.54 Å². The maximum atomic E-state index is 12.4. The zero-order valence-electron chi connectivity index (χ0n) is 9.74. The van der Waals surface area contributed by atoms with Crippen molar-refractivity contribution in [3.05, 3.63) is 30.3 Å². The lowest BCUT2D eigenvalue weighted by Crippen LogP contribution is -2.47. The lowest BCUT2D eigenvalue weighted by atomic mass is 10.2. The van der Waals surface area contributed by atoms with Crippen LogP contribution in [0.1, 0.15) is 12.8 Å². The Kier molecular flexibility index (Phi) is 3.65. The lowest BCUT2D eigenvalue weighted by Gasteiger charge is -2.22. The molecule has 0 bridgehead atoms. The van der Waals surface area contributed by atoms with E-state index in [0.29, 0.717) is 19.4 Å². The molecule has 1 unspecified atom stereocenters. The molecule has 1 fully saturated rings. The van der Waals surface area contributed by atoms with Crippen LogP contribution in [0.5, 0.6) is 0 Å². The standard InChI is InChI=1S/C11H15N3O3S/c12-13-11(15)10-7-4-8-14(10)18(16,17)9-5-2-1-3-6-9/h1-3,5-6,10H,4,7-8,12H2,(H,13,15). The van der Waals surface area contributed by atoms with E-state index in [2.05, 4.69) is 0 Å². The van der Waals surface area contributed by atoms with Gasteiger partial charge in [-0.2, -0.15) is 4.31 Å². The Balaban J connectivity index is 2.33. The summed E-state index contributed by atoms with van der Waals surface area (Å²) >= 11 is 0. The quantitative estimate of drug-likeness (QED) is 0.452. The van der Waals surface area contributed by atoms with Gasteiger partial charge in [0, 0.05) is 6.54 Å². The van der Waals surface area contributed by atoms with Crippen LogP contribution >= 0.6 is 0 Å². The first-order valence-electron chi connectivity index (χ1n) is 5.64. The van der Waals surface area contributed by atoms with Crippen LogP contribution < -0.4 is 11.3 Å². The summed E-state index contributed by atoms with van der Waals surface area (Å²) in [4.78, 5) is 11.8. The third kappa shape index (κ3) is 2.24. The van der Waals surface area contributed by atoms with E-state index in [4.69, 9.17) is 5.84 Å². The largest absolute Gasteiger partial charge is 0.293 e. The van der Waals surface area contributed by atoms with Gasteiger partial charge < -0.3 is 0 Å². The van der Waals surface area contributed by atoms with Crippen molar-refractivity contribution in [2.24, 2.45) is 5.84 Å². The molecule has 1 heterocycles. The number of hydrogen-bond donors (Lipinski definition) is 2. The first kappa shape index (κ1) is 13.0. The molecule has 98 valence electrons. The molecule has 18 heavy (non-hydrogen) atoms. The zero-order valence-corrected chi connectivity index (χ0v) is 10.6. The second-order valence-electron chi connectivity index (χ2n) is 4.10. The van der Waals surface area contributed by atoms with Gasteiger partial charge in [-0.15, -0.1) is 0 Å². The van der Waals surface area contributed by atoms with Gasteiger partial charge in [0.15, 0.2) is 0 Å². The first-order valence-corrected chi connectivity index (χ1v) is 7.08. The number of nitrogens with one attached hydrogen (secondary N) is 1. The fourth-order valence-corrected chi connectivity index (χ4v) is 3.79. The van der Waals surface area contributed by atoms with Crippen LogP contribution in [0.3, 0.4) is 0 Å². The Labute approximate surface area is 106 Å². The van der Waals surface area contributed by atoms with Gasteiger partial charge in [-0.3, -0.25) is 10.2 Å². The average Bonchev–Trinajstić information content (AvgIpc) is 2.89. The number of carbonyl (C=O) groups is 1. The number of hydrogen-bond acceptors (Lipinski definition) is 4. The van der Waals surface area contributed by atoms with Crippen LogP contribution in [0.2, 0.25) is 0 Å². The van der Waals surface area contributed by atoms with Gasteiger partial charge in [-0.1, -0.05) is 18.2 Å². The van der Waals surface area contributed by atoms with Crippen LogP contribution in [0.25, 0.3) is 0 Å². The van der Waals surface area contributed by atoms with E-state index < -0.39 is 22.0 Å². The summed E-state index contributed by atoms with van der Waals surface area (Å²) in [5, 5.41) is 0. The fourth-order valence-electron chi connectivity index (χ4n) is 2.11. The Morgan fingerprint density at radius 3 is 2.61 bits per heavy atom. The molecule has 1 saturated heterocycles. The minimum atomic E-state index is -3.63. The van der Waals surface area contributed by atoms with E-state index in [9.17, 15) is 13.2 Å². The minimum absolute atomic E-state index is 0.196. The molecule has 1 aromatic carbocycles. The summed E-state index contributed by atoms with van der Waals surface area (Å²) in [7, 11) is -3.63. The predicted octanol–water partition coefficient (Wildman–Crippen LogP) is -0.170. The number of nitrogens with zero attached hydrogens (tertiary/aromatic N) is 1. The summed E-state index contributed by atoms with van der Waals surface area (Å²) < 4.78 is 26.0. The third-order valence-electron chi connectivity index (χ3n) is 3.00. The summed E-state index contributed by atoms with van der Waals surface area (Å²) in [5.74, 6) is 4.61. The number of benzene rings is 1. The normalized spacial score (nSPS) is 20.8. The molecule has 0 aromatic heterocycles. The minimum Gasteiger partial charge on any atom is -0.293 e. The van der Waals surface area contributed by atoms with E-state index in [1.165, 1.54) is 16.4 Å². The van der Waals surface area contributed by atoms with Crippen molar-refractivity contribution >= 4 is 15.9 Å². The highest BCUT2D eigenvalue weighted by Crippen LogP contribution is 2.25. The molecular weight excluding hydrogens is 254 g/mol. The number of rotatable bonds is 3. The second kappa shape index (κ2) is 5.05. The third-order valence-corrected chi connectivity index (χ3v) is 4.92. The average molecular weight is 269 g/mol. The Morgan fingerprint density at radius 1 is 1.33 bits per heavy atom. The molecule has 1 aromatic rings. The molecule has 1 aliphatic heterocycles. The maximum absolute atomic E-state index is 12.4. The van der Waals surface area contributed by atoms with Crippen LogP contribution in [-0.4, -0.2) is 31.2 Å². The molecule has 0 spiro atoms. The van der Waals surface area contributed by atoms with E-state index >= 15 is 0 Å². The topological polar surface area (TPSA) is 92.5 Å². The Bertz CT molecular complexity index is 530. The number of amides is 1. The lowest BCUT2D eigenvalue weighted by molar-refractivity contribution is -0.124. The molecule has 0 radical (unpaired) electrons. The zero-order chi connectivity index (χ0) is 13.2. The van der Waals surface area contributed by atoms with Crippen molar-refractivity contribution in [3.63, 3.8) is 0 Å². The summed E-state index contributed by atoms with van der Waals surface area (Å²) in [5.41, 5.74) is 2.02. The summed E-state index contributed by atoms with van der Waals surface area (Å²) in [6.07, 6.45) is 1.15. The van der Waals surface area contributed by atoms with E-state index in [1.54, 1.807) is 18.2 Å². The summed E-state index contributed by atoms with van der Waals surface area (Å²) in [6.45, 7) is 0.343. The van der Waals surface area contributed by atoms with E-state index in [0.717, 1.165) is 0 Å². The number of nitrogens with two attached hydrogens (primary N) is 1. The number of sulfonamides is 1. The van der Waals surface area contributed by atoms with Crippen LogP contribution in [0.4, 0.5) is 0 Å². The fraction of sp³-hybridized carbons (Fsp3) is 0.364. The van der Waals surface area contributed by atoms with Crippen molar-refractivity contribution in [1.29, 1.82) is 0 Å². The van der Waals surface area contributed by atoms with Crippen LogP contribution in [0, 0.1) is 0 Å². The van der Waals surface area contributed by atoms with Crippen molar-refractivity contribution < 1.29 is 13.2 Å². The van der Waals surface area contributed by atoms with Gasteiger partial charge in [0.25, 0.3) is 5.91 Å². The molecule has 2 rings (SSSR count). The molecular formula is C11H15N3O3S. The molecule has 1 amide bonds. The van der Waals surface area contributed by atoms with Gasteiger partial charge in [0.2, 0.25) is 10.0 Å². The highest BCUT2D eigenvalue weighted by atomic mass is 32.2. The second-order valence-corrected chi connectivity index (χ2v) is 5.99. The SMILES string of the molecule is NNC(=O)C1CCCN1S(=O)(=O)c1ccccc1. The highest BCUT2D eigenvalue weighted by molar-refractivity contribution is 7.89. The van der Waals surface area contributed by atoms with Gasteiger partial charge in [0.1, 0.15) is 6.04 Å². The van der Waals surface area contributed by atoms with Gasteiger partial charge >= 0.3 is 0 Å². The van der Waals surface area contributed by atoms with Crippen LogP contribution in [0.15, 0.2) is 35.2 Å². The van der Waals surface area contributed by atoms with Crippen LogP contribution in [-0.2, 0) is 14.8 Å². The van der Waals surface area contributed by atoms with Gasteiger partial charge in [-0.05, 0) is 25.0 Å². The van der Waals surface area contributed by atoms with Gasteiger partial charge in [0.05, 0.1) is 4.90 Å². The van der Waals surface area contributed by atoms with Gasteiger partial charge in [-0.25, -0.2) is 14.3 Å². The van der Waals surface area contributed by atoms with Crippen molar-refractivity contribution in [3.8, 4) is 0 Å². The molecule has 1 aliphatic rings. The first-order chi connectivity index (χ1) is 8.57. The molecule has 6 nitrogen and oxygen atoms in total. The molecule has 1 atom stereocenters. The number of hydrazine groups is 1. The molecule has 0 aliphatic carbocycles. The summed E-state index contributed by atoms with van der Waals surface area (Å²) in [6, 6.07) is 7.38. The Hall–Kier alpha value is -1.44. The number of carbonyl (C=O) groups excluding carboxylic acids is 1. The molecule has 7 heteroatoms. The van der Waals surface area contributed by atoms with E-state index in [1.807, 2.05) is 5.43 Å². The monoisotopic (exact) mass is 269 g/mol. The van der Waals surface area contributed by atoms with Crippen molar-refractivity contribution in [1.82, 2.24) is 9.73 Å². The molecule has 3 N–H and O–H groups in total. The smallest absolute Gasteiger partial charge is 0.252 e. The predicted molar refractivity (Wildman–Crippen MR) is 65.7 cm³/mol. The van der Waals surface area contributed by atoms with E-state index in [-0.39, 0.29) is 4.90 Å². The maximum Gasteiger partial charge on any atom is 0.252 e. The highest BCUT2D eigenvalue weighted by Gasteiger charge is 2.38. The molecule has 0 saturated carbocycles. The Morgan fingerprint density at radius 2 is 2.00 bits per heavy atom. The van der Waals surface area contributed by atoms with Crippen molar-refractivity contribution in [2.45, 2.75) is 23.8 Å².